The average Bonchev–Trinajstić information content (AvgIpc) is 3.04. The van der Waals surface area contributed by atoms with Crippen molar-refractivity contribution in [1.82, 2.24) is 10.2 Å². The smallest absolute Gasteiger partial charge is 0.193 e. The van der Waals surface area contributed by atoms with E-state index in [1.165, 1.54) is 12.8 Å². The van der Waals surface area contributed by atoms with Gasteiger partial charge in [0.1, 0.15) is 5.75 Å². The van der Waals surface area contributed by atoms with Crippen LogP contribution >= 0.6 is 51.7 Å². The number of hydrogen-bond donors (Lipinski definition) is 1. The molecular weight excluding hydrogens is 489 g/mol. The minimum absolute atomic E-state index is 0. The Labute approximate surface area is 169 Å². The van der Waals surface area contributed by atoms with Gasteiger partial charge >= 0.3 is 0 Å². The van der Waals surface area contributed by atoms with Gasteiger partial charge in [0.15, 0.2) is 5.96 Å². The number of nitrogens with one attached hydrogen (secondary N) is 1. The zero-order chi connectivity index (χ0) is 15.6. The average molecular weight is 514 g/mol. The van der Waals surface area contributed by atoms with E-state index in [4.69, 9.17) is 4.74 Å². The van der Waals surface area contributed by atoms with Crippen LogP contribution in [0.3, 0.4) is 0 Å². The third kappa shape index (κ3) is 7.98. The van der Waals surface area contributed by atoms with Gasteiger partial charge in [0.25, 0.3) is 0 Å². The van der Waals surface area contributed by atoms with Gasteiger partial charge in [0.05, 0.1) is 6.61 Å². The lowest BCUT2D eigenvalue weighted by Gasteiger charge is -2.20. The topological polar surface area (TPSA) is 36.9 Å². The molecule has 0 saturated carbocycles. The number of halogens is 2. The summed E-state index contributed by atoms with van der Waals surface area (Å²) in [5.74, 6) is 4.02. The number of rotatable bonds is 7. The van der Waals surface area contributed by atoms with Crippen LogP contribution in [-0.2, 0) is 0 Å². The molecule has 1 aliphatic heterocycles. The number of thioether (sulfide) groups is 1. The summed E-state index contributed by atoms with van der Waals surface area (Å²) in [6.45, 7) is 3.95. The molecule has 2 rings (SSSR count). The van der Waals surface area contributed by atoms with Gasteiger partial charge in [-0.3, -0.25) is 4.99 Å². The van der Waals surface area contributed by atoms with E-state index in [0.29, 0.717) is 0 Å². The summed E-state index contributed by atoms with van der Waals surface area (Å²) in [4.78, 5) is 6.68. The van der Waals surface area contributed by atoms with E-state index < -0.39 is 0 Å². The molecule has 0 unspecified atom stereocenters. The summed E-state index contributed by atoms with van der Waals surface area (Å²) in [7, 11) is 1.86. The number of likely N-dealkylation sites (tertiary alicyclic amines) is 1. The lowest BCUT2D eigenvalue weighted by atomic mass is 10.3. The standard InChI is InChI=1S/C16H24BrN3OS.HI/c1-18-16(20-8-2-3-9-20)19-7-11-22-12-10-21-15-6-4-5-14(17)13-15;/h4-6,13H,2-3,7-12H2,1H3,(H,18,19);1H. The predicted molar refractivity (Wildman–Crippen MR) is 115 cm³/mol. The van der Waals surface area contributed by atoms with Gasteiger partial charge in [0.2, 0.25) is 0 Å². The van der Waals surface area contributed by atoms with Crippen molar-refractivity contribution >= 4 is 57.6 Å². The number of guanidine groups is 1. The molecule has 1 fully saturated rings. The summed E-state index contributed by atoms with van der Waals surface area (Å²) >= 11 is 5.34. The second-order valence-corrected chi connectivity index (χ2v) is 7.23. The summed E-state index contributed by atoms with van der Waals surface area (Å²) in [5.41, 5.74) is 0. The molecule has 0 radical (unpaired) electrons. The van der Waals surface area contributed by atoms with Crippen molar-refractivity contribution in [2.24, 2.45) is 4.99 Å². The van der Waals surface area contributed by atoms with E-state index in [2.05, 4.69) is 31.1 Å². The molecule has 1 aromatic carbocycles. The number of ether oxygens (including phenoxy) is 1. The second kappa shape index (κ2) is 12.2. The monoisotopic (exact) mass is 513 g/mol. The molecule has 1 aliphatic rings. The maximum atomic E-state index is 5.71. The van der Waals surface area contributed by atoms with Crippen LogP contribution in [0.2, 0.25) is 0 Å². The number of hydrogen-bond acceptors (Lipinski definition) is 3. The largest absolute Gasteiger partial charge is 0.493 e. The predicted octanol–water partition coefficient (Wildman–Crippen LogP) is 3.85. The van der Waals surface area contributed by atoms with Crippen molar-refractivity contribution in [3.63, 3.8) is 0 Å². The van der Waals surface area contributed by atoms with Gasteiger partial charge in [-0.15, -0.1) is 24.0 Å². The molecular formula is C16H25BrIN3OS. The zero-order valence-electron chi connectivity index (χ0n) is 13.5. The van der Waals surface area contributed by atoms with Gasteiger partial charge in [0, 0.05) is 42.7 Å². The molecule has 1 aromatic rings. The van der Waals surface area contributed by atoms with Crippen molar-refractivity contribution in [2.45, 2.75) is 12.8 Å². The van der Waals surface area contributed by atoms with Crippen molar-refractivity contribution in [3.05, 3.63) is 28.7 Å². The molecule has 0 bridgehead atoms. The molecule has 4 nitrogen and oxygen atoms in total. The van der Waals surface area contributed by atoms with Crippen LogP contribution in [0.15, 0.2) is 33.7 Å². The van der Waals surface area contributed by atoms with E-state index in [1.54, 1.807) is 0 Å². The van der Waals surface area contributed by atoms with Crippen LogP contribution in [0.4, 0.5) is 0 Å². The minimum atomic E-state index is 0. The quantitative estimate of drug-likeness (QED) is 0.260. The fourth-order valence-corrected chi connectivity index (χ4v) is 3.40. The summed E-state index contributed by atoms with van der Waals surface area (Å²) < 4.78 is 6.76. The van der Waals surface area contributed by atoms with Crippen LogP contribution in [0.25, 0.3) is 0 Å². The van der Waals surface area contributed by atoms with Crippen LogP contribution in [0.1, 0.15) is 12.8 Å². The van der Waals surface area contributed by atoms with Crippen LogP contribution in [-0.4, -0.2) is 55.7 Å². The van der Waals surface area contributed by atoms with E-state index in [-0.39, 0.29) is 24.0 Å². The third-order valence-electron chi connectivity index (χ3n) is 3.44. The zero-order valence-corrected chi connectivity index (χ0v) is 18.2. The first-order valence-corrected chi connectivity index (χ1v) is 9.66. The second-order valence-electron chi connectivity index (χ2n) is 5.09. The fraction of sp³-hybridized carbons (Fsp3) is 0.562. The minimum Gasteiger partial charge on any atom is -0.493 e. The Balaban J connectivity index is 0.00000264. The molecule has 7 heteroatoms. The number of benzene rings is 1. The molecule has 0 amide bonds. The Bertz CT molecular complexity index is 484. The van der Waals surface area contributed by atoms with Gasteiger partial charge < -0.3 is 15.0 Å². The Hall–Kier alpha value is -0.150. The molecule has 23 heavy (non-hydrogen) atoms. The lowest BCUT2D eigenvalue weighted by molar-refractivity contribution is 0.344. The highest BCUT2D eigenvalue weighted by atomic mass is 127. The molecule has 1 N–H and O–H groups in total. The maximum Gasteiger partial charge on any atom is 0.193 e. The van der Waals surface area contributed by atoms with Crippen LogP contribution in [0.5, 0.6) is 5.75 Å². The van der Waals surface area contributed by atoms with E-state index in [0.717, 1.165) is 53.9 Å². The number of aliphatic imine (C=N–C) groups is 1. The highest BCUT2D eigenvalue weighted by Gasteiger charge is 2.14. The summed E-state index contributed by atoms with van der Waals surface area (Å²) in [6.07, 6.45) is 2.56. The maximum absolute atomic E-state index is 5.71. The van der Waals surface area contributed by atoms with Crippen LogP contribution in [0, 0.1) is 0 Å². The molecule has 0 aliphatic carbocycles. The molecule has 0 spiro atoms. The highest BCUT2D eigenvalue weighted by Crippen LogP contribution is 2.17. The van der Waals surface area contributed by atoms with Gasteiger partial charge in [-0.2, -0.15) is 11.8 Å². The van der Waals surface area contributed by atoms with Gasteiger partial charge in [-0.05, 0) is 31.0 Å². The van der Waals surface area contributed by atoms with Gasteiger partial charge in [-0.1, -0.05) is 22.0 Å². The Morgan fingerprint density at radius 1 is 1.35 bits per heavy atom. The van der Waals surface area contributed by atoms with Crippen LogP contribution < -0.4 is 10.1 Å². The SMILES string of the molecule is CN=C(NCCSCCOc1cccc(Br)c1)N1CCCC1.I. The molecule has 0 atom stereocenters. The van der Waals surface area contributed by atoms with E-state index >= 15 is 0 Å². The summed E-state index contributed by atoms with van der Waals surface area (Å²) in [5, 5.41) is 3.44. The Kier molecular flexibility index (Phi) is 11.1. The van der Waals surface area contributed by atoms with Crippen molar-refractivity contribution in [3.8, 4) is 5.75 Å². The lowest BCUT2D eigenvalue weighted by Crippen LogP contribution is -2.40. The highest BCUT2D eigenvalue weighted by molar-refractivity contribution is 14.0. The first-order chi connectivity index (χ1) is 10.8. The first-order valence-electron chi connectivity index (χ1n) is 7.71. The third-order valence-corrected chi connectivity index (χ3v) is 4.88. The van der Waals surface area contributed by atoms with E-state index in [9.17, 15) is 0 Å². The molecule has 0 aromatic heterocycles. The fourth-order valence-electron chi connectivity index (χ4n) is 2.37. The first kappa shape index (κ1) is 20.9. The van der Waals surface area contributed by atoms with Crippen molar-refractivity contribution < 1.29 is 4.74 Å². The molecule has 1 heterocycles. The molecule has 1 saturated heterocycles. The Morgan fingerprint density at radius 3 is 2.83 bits per heavy atom. The van der Waals surface area contributed by atoms with Gasteiger partial charge in [-0.25, -0.2) is 0 Å². The van der Waals surface area contributed by atoms with E-state index in [1.807, 2.05) is 43.1 Å². The number of nitrogens with zero attached hydrogens (tertiary/aromatic N) is 2. The van der Waals surface area contributed by atoms with Crippen molar-refractivity contribution in [2.75, 3.05) is 44.8 Å². The normalized spacial score (nSPS) is 14.5. The summed E-state index contributed by atoms with van der Waals surface area (Å²) in [6, 6.07) is 7.96. The molecule has 130 valence electrons. The Morgan fingerprint density at radius 2 is 2.13 bits per heavy atom. The van der Waals surface area contributed by atoms with Crippen molar-refractivity contribution in [1.29, 1.82) is 0 Å².